The molecule has 1 amide bonds. The molecule has 1 saturated heterocycles. The standard InChI is InChI=1S/C27H30FN9O4S/c1-6-19(38)35-9-10-36(15(4)12-35)25-16-11-17(28)21(22-24(29)32-13-31-22)33-26(16)37(27(39)34-25)23-18(42(5,40)41)7-8-30-20(23)14(2)3/h6-8,11,13-15H,1,9-10,12,29H2,2-5H3,(H,31,32)/t15-/m0/s1. The number of aromatic nitrogens is 6. The second-order valence-electron chi connectivity index (χ2n) is 10.4. The predicted molar refractivity (Wildman–Crippen MR) is 156 cm³/mol. The maximum absolute atomic E-state index is 15.8. The summed E-state index contributed by atoms with van der Waals surface area (Å²) in [7, 11) is -3.87. The van der Waals surface area contributed by atoms with Crippen LogP contribution in [0.15, 0.2) is 47.0 Å². The van der Waals surface area contributed by atoms with E-state index in [4.69, 9.17) is 5.73 Å². The van der Waals surface area contributed by atoms with Gasteiger partial charge >= 0.3 is 5.69 Å². The lowest BCUT2D eigenvalue weighted by Crippen LogP contribution is -2.54. The molecule has 220 valence electrons. The van der Waals surface area contributed by atoms with Crippen LogP contribution in [0.5, 0.6) is 0 Å². The number of amides is 1. The SMILES string of the molecule is C=CC(=O)N1CCN(c2nc(=O)n(-c3c(S(C)(=O)=O)ccnc3C(C)C)c3nc(-c4[nH]cnc4N)c(F)cc23)[C@@H](C)C1. The van der Waals surface area contributed by atoms with Gasteiger partial charge in [0.05, 0.1) is 28.0 Å². The summed E-state index contributed by atoms with van der Waals surface area (Å²) < 4.78 is 42.7. The molecule has 0 bridgehead atoms. The van der Waals surface area contributed by atoms with Crippen molar-refractivity contribution in [2.24, 2.45) is 0 Å². The Labute approximate surface area is 240 Å². The van der Waals surface area contributed by atoms with Crippen LogP contribution in [-0.2, 0) is 14.6 Å². The topological polar surface area (TPSA) is 173 Å². The van der Waals surface area contributed by atoms with Crippen LogP contribution in [0, 0.1) is 5.82 Å². The number of fused-ring (bicyclic) bond motifs is 1. The molecule has 13 nitrogen and oxygen atoms in total. The summed E-state index contributed by atoms with van der Waals surface area (Å²) in [5.74, 6) is -1.16. The summed E-state index contributed by atoms with van der Waals surface area (Å²) in [4.78, 5) is 49.5. The monoisotopic (exact) mass is 595 g/mol. The predicted octanol–water partition coefficient (Wildman–Crippen LogP) is 2.04. The average Bonchev–Trinajstić information content (AvgIpc) is 3.36. The molecule has 1 aliphatic rings. The van der Waals surface area contributed by atoms with Gasteiger partial charge in [-0.1, -0.05) is 20.4 Å². The molecule has 0 aromatic carbocycles. The number of nitrogen functional groups attached to an aromatic ring is 1. The largest absolute Gasteiger partial charge is 0.382 e. The van der Waals surface area contributed by atoms with Crippen LogP contribution < -0.4 is 16.3 Å². The van der Waals surface area contributed by atoms with Crippen molar-refractivity contribution in [3.8, 4) is 17.1 Å². The fourth-order valence-corrected chi connectivity index (χ4v) is 6.05. The van der Waals surface area contributed by atoms with Crippen LogP contribution in [0.1, 0.15) is 32.4 Å². The number of nitrogens with two attached hydrogens (primary N) is 1. The van der Waals surface area contributed by atoms with Gasteiger partial charge in [-0.2, -0.15) is 4.98 Å². The quantitative estimate of drug-likeness (QED) is 0.314. The Morgan fingerprint density at radius 3 is 2.60 bits per heavy atom. The number of aromatic amines is 1. The number of nitrogens with zero attached hydrogens (tertiary/aromatic N) is 7. The van der Waals surface area contributed by atoms with Crippen LogP contribution in [0.3, 0.4) is 0 Å². The Balaban J connectivity index is 1.87. The van der Waals surface area contributed by atoms with E-state index in [1.54, 1.807) is 9.80 Å². The number of rotatable bonds is 6. The molecule has 0 saturated carbocycles. The van der Waals surface area contributed by atoms with E-state index in [0.29, 0.717) is 25.3 Å². The number of hydrogen-bond donors (Lipinski definition) is 2. The zero-order valence-corrected chi connectivity index (χ0v) is 24.3. The molecule has 3 N–H and O–H groups in total. The number of halogens is 1. The maximum atomic E-state index is 15.8. The number of nitrogens with one attached hydrogen (secondary N) is 1. The van der Waals surface area contributed by atoms with Gasteiger partial charge in [-0.25, -0.2) is 32.1 Å². The number of imidazole rings is 1. The third-order valence-electron chi connectivity index (χ3n) is 7.18. The Bertz CT molecular complexity index is 1900. The Kier molecular flexibility index (Phi) is 7.30. The van der Waals surface area contributed by atoms with Crippen molar-refractivity contribution in [1.29, 1.82) is 0 Å². The summed E-state index contributed by atoms with van der Waals surface area (Å²) in [6.07, 6.45) is 4.91. The Hall–Kier alpha value is -4.66. The van der Waals surface area contributed by atoms with E-state index >= 15 is 4.39 Å². The maximum Gasteiger partial charge on any atom is 0.355 e. The minimum atomic E-state index is -3.87. The van der Waals surface area contributed by atoms with Crippen molar-refractivity contribution in [2.75, 3.05) is 36.5 Å². The Morgan fingerprint density at radius 2 is 2.00 bits per heavy atom. The molecule has 42 heavy (non-hydrogen) atoms. The van der Waals surface area contributed by atoms with Gasteiger partial charge in [-0.3, -0.25) is 9.78 Å². The lowest BCUT2D eigenvalue weighted by atomic mass is 10.1. The third-order valence-corrected chi connectivity index (χ3v) is 8.31. The fraction of sp³-hybridized carbons (Fsp3) is 0.333. The smallest absolute Gasteiger partial charge is 0.355 e. The van der Waals surface area contributed by atoms with Crippen LogP contribution >= 0.6 is 0 Å². The number of carbonyl (C=O) groups excluding carboxylic acids is 1. The molecule has 5 rings (SSSR count). The number of piperazine rings is 1. The second kappa shape index (κ2) is 10.6. The number of carbonyl (C=O) groups is 1. The lowest BCUT2D eigenvalue weighted by Gasteiger charge is -2.40. The van der Waals surface area contributed by atoms with Gasteiger partial charge < -0.3 is 20.5 Å². The molecule has 1 atom stereocenters. The molecule has 0 unspecified atom stereocenters. The zero-order chi connectivity index (χ0) is 30.5. The summed E-state index contributed by atoms with van der Waals surface area (Å²) in [6, 6.07) is 2.18. The first-order valence-corrected chi connectivity index (χ1v) is 15.0. The van der Waals surface area contributed by atoms with E-state index in [1.807, 2.05) is 20.8 Å². The molecule has 4 aromatic rings. The van der Waals surface area contributed by atoms with Crippen molar-refractivity contribution in [2.45, 2.75) is 37.6 Å². The highest BCUT2D eigenvalue weighted by molar-refractivity contribution is 7.90. The highest BCUT2D eigenvalue weighted by atomic mass is 32.2. The molecule has 0 spiro atoms. The third kappa shape index (κ3) is 4.89. The summed E-state index contributed by atoms with van der Waals surface area (Å²) >= 11 is 0. The second-order valence-corrected chi connectivity index (χ2v) is 12.4. The van der Waals surface area contributed by atoms with Crippen molar-refractivity contribution in [3.63, 3.8) is 0 Å². The molecular weight excluding hydrogens is 565 g/mol. The summed E-state index contributed by atoms with van der Waals surface area (Å²) in [5.41, 5.74) is 5.25. The molecule has 0 aliphatic carbocycles. The van der Waals surface area contributed by atoms with Crippen molar-refractivity contribution in [1.82, 2.24) is 34.4 Å². The molecular formula is C27H30FN9O4S. The number of anilines is 2. The van der Waals surface area contributed by atoms with E-state index in [2.05, 4.69) is 31.5 Å². The van der Waals surface area contributed by atoms with Crippen LogP contribution in [0.4, 0.5) is 16.0 Å². The van der Waals surface area contributed by atoms with E-state index in [0.717, 1.165) is 10.8 Å². The first-order chi connectivity index (χ1) is 19.8. The summed E-state index contributed by atoms with van der Waals surface area (Å²) in [5, 5.41) is 0.155. The number of H-pyrrole nitrogens is 1. The molecule has 4 aromatic heterocycles. The number of hydrogen-bond acceptors (Lipinski definition) is 10. The fourth-order valence-electron chi connectivity index (χ4n) is 5.20. The van der Waals surface area contributed by atoms with E-state index < -0.39 is 21.3 Å². The van der Waals surface area contributed by atoms with Gasteiger partial charge in [0.1, 0.15) is 17.2 Å². The van der Waals surface area contributed by atoms with Crippen molar-refractivity contribution < 1.29 is 17.6 Å². The van der Waals surface area contributed by atoms with Crippen molar-refractivity contribution >= 4 is 38.4 Å². The van der Waals surface area contributed by atoms with Crippen molar-refractivity contribution in [3.05, 3.63) is 59.3 Å². The molecule has 1 fully saturated rings. The normalized spacial score (nSPS) is 15.9. The minimum absolute atomic E-state index is 0.0124. The Morgan fingerprint density at radius 1 is 1.26 bits per heavy atom. The van der Waals surface area contributed by atoms with Crippen LogP contribution in [0.25, 0.3) is 28.1 Å². The lowest BCUT2D eigenvalue weighted by molar-refractivity contribution is -0.126. The van der Waals surface area contributed by atoms with Gasteiger partial charge in [0.15, 0.2) is 27.1 Å². The first-order valence-electron chi connectivity index (χ1n) is 13.1. The average molecular weight is 596 g/mol. The van der Waals surface area contributed by atoms with Crippen LogP contribution in [0.2, 0.25) is 0 Å². The summed E-state index contributed by atoms with van der Waals surface area (Å²) in [6.45, 7) is 9.94. The van der Waals surface area contributed by atoms with Gasteiger partial charge in [-0.15, -0.1) is 0 Å². The van der Waals surface area contributed by atoms with Gasteiger partial charge in [0, 0.05) is 38.1 Å². The highest BCUT2D eigenvalue weighted by Crippen LogP contribution is 2.34. The van der Waals surface area contributed by atoms with Crippen LogP contribution in [-0.4, -0.2) is 80.6 Å². The molecule has 15 heteroatoms. The van der Waals surface area contributed by atoms with E-state index in [-0.39, 0.29) is 62.5 Å². The van der Waals surface area contributed by atoms with Gasteiger partial charge in [0.25, 0.3) is 0 Å². The number of sulfone groups is 1. The van der Waals surface area contributed by atoms with E-state index in [9.17, 15) is 18.0 Å². The van der Waals surface area contributed by atoms with E-state index in [1.165, 1.54) is 30.7 Å². The molecule has 0 radical (unpaired) electrons. The zero-order valence-electron chi connectivity index (χ0n) is 23.5. The minimum Gasteiger partial charge on any atom is -0.382 e. The molecule has 1 aliphatic heterocycles. The van der Waals surface area contributed by atoms with Gasteiger partial charge in [-0.05, 0) is 31.1 Å². The molecule has 5 heterocycles. The number of pyridine rings is 2. The van der Waals surface area contributed by atoms with Gasteiger partial charge in [0.2, 0.25) is 5.91 Å². The highest BCUT2D eigenvalue weighted by Gasteiger charge is 2.32. The first kappa shape index (κ1) is 28.9.